The van der Waals surface area contributed by atoms with Crippen molar-refractivity contribution >= 4 is 5.91 Å². The normalized spacial score (nSPS) is 23.8. The Kier molecular flexibility index (Phi) is 2.60. The number of aromatic amines is 1. The van der Waals surface area contributed by atoms with E-state index in [0.29, 0.717) is 31.7 Å². The van der Waals surface area contributed by atoms with Gasteiger partial charge in [-0.2, -0.15) is 5.10 Å². The van der Waals surface area contributed by atoms with Gasteiger partial charge in [0.05, 0.1) is 6.10 Å². The number of H-pyrrole nitrogens is 1. The van der Waals surface area contributed by atoms with Gasteiger partial charge in [-0.15, -0.1) is 0 Å². The Morgan fingerprint density at radius 2 is 2.41 bits per heavy atom. The molecular formula is C11H16N4O2. The quantitative estimate of drug-likeness (QED) is 0.600. The molecule has 1 amide bonds. The number of likely N-dealkylation sites (tertiary alicyclic amines) is 1. The third-order valence-electron chi connectivity index (χ3n) is 3.46. The highest BCUT2D eigenvalue weighted by molar-refractivity contribution is 5.94. The van der Waals surface area contributed by atoms with E-state index in [-0.39, 0.29) is 12.0 Å². The van der Waals surface area contributed by atoms with Crippen molar-refractivity contribution < 1.29 is 9.90 Å². The number of aromatic nitrogens is 2. The highest BCUT2D eigenvalue weighted by Gasteiger charge is 2.29. The number of aliphatic hydroxyl groups excluding tert-OH is 1. The summed E-state index contributed by atoms with van der Waals surface area (Å²) in [4.78, 5) is 13.9. The van der Waals surface area contributed by atoms with Crippen LogP contribution in [0.4, 0.5) is 0 Å². The summed E-state index contributed by atoms with van der Waals surface area (Å²) >= 11 is 0. The maximum absolute atomic E-state index is 12.2. The van der Waals surface area contributed by atoms with Gasteiger partial charge in [-0.3, -0.25) is 9.89 Å². The molecule has 2 aliphatic heterocycles. The molecule has 1 saturated heterocycles. The molecule has 1 atom stereocenters. The Morgan fingerprint density at radius 1 is 1.53 bits per heavy atom. The highest BCUT2D eigenvalue weighted by atomic mass is 16.3. The summed E-state index contributed by atoms with van der Waals surface area (Å²) < 4.78 is 0. The number of β-amino-alcohol motifs (C(OH)–C–C–N with tert-alkyl or cyclic N) is 1. The number of nitrogens with zero attached hydrogens (tertiary/aromatic N) is 2. The summed E-state index contributed by atoms with van der Waals surface area (Å²) in [5.41, 5.74) is 2.57. The van der Waals surface area contributed by atoms with Crippen LogP contribution >= 0.6 is 0 Å². The molecule has 1 aromatic heterocycles. The summed E-state index contributed by atoms with van der Waals surface area (Å²) in [7, 11) is 0. The van der Waals surface area contributed by atoms with Gasteiger partial charge < -0.3 is 15.3 Å². The smallest absolute Gasteiger partial charge is 0.274 e. The SMILES string of the molecule is O=C(c1n[nH]c2c1CNCC2)N1CC[C@@H](O)C1. The van der Waals surface area contributed by atoms with Crippen molar-refractivity contribution in [2.45, 2.75) is 25.5 Å². The van der Waals surface area contributed by atoms with Crippen LogP contribution in [0, 0.1) is 0 Å². The molecule has 6 nitrogen and oxygen atoms in total. The fourth-order valence-corrected chi connectivity index (χ4v) is 2.48. The molecular weight excluding hydrogens is 220 g/mol. The molecule has 17 heavy (non-hydrogen) atoms. The Hall–Kier alpha value is -1.40. The molecule has 1 aromatic rings. The van der Waals surface area contributed by atoms with Crippen LogP contribution in [0.3, 0.4) is 0 Å². The number of aliphatic hydroxyl groups is 1. The van der Waals surface area contributed by atoms with Crippen molar-refractivity contribution in [3.05, 3.63) is 17.0 Å². The van der Waals surface area contributed by atoms with E-state index in [1.54, 1.807) is 4.90 Å². The Labute approximate surface area is 99.0 Å². The molecule has 3 heterocycles. The number of hydrogen-bond donors (Lipinski definition) is 3. The van der Waals surface area contributed by atoms with Gasteiger partial charge in [0.25, 0.3) is 5.91 Å². The van der Waals surface area contributed by atoms with Crippen LogP contribution in [0.25, 0.3) is 0 Å². The molecule has 0 radical (unpaired) electrons. The van der Waals surface area contributed by atoms with Gasteiger partial charge in [-0.1, -0.05) is 0 Å². The number of nitrogens with one attached hydrogen (secondary N) is 2. The van der Waals surface area contributed by atoms with Crippen molar-refractivity contribution in [3.63, 3.8) is 0 Å². The second kappa shape index (κ2) is 4.12. The van der Waals surface area contributed by atoms with E-state index in [4.69, 9.17) is 0 Å². The standard InChI is InChI=1S/C11H16N4O2/c16-7-2-4-15(6-7)11(17)10-8-5-12-3-1-9(8)13-14-10/h7,12,16H,1-6H2,(H,13,14)/t7-/m1/s1. The van der Waals surface area contributed by atoms with Crippen molar-refractivity contribution in [3.8, 4) is 0 Å². The minimum absolute atomic E-state index is 0.0669. The summed E-state index contributed by atoms with van der Waals surface area (Å²) in [5.74, 6) is -0.0669. The van der Waals surface area contributed by atoms with Gasteiger partial charge >= 0.3 is 0 Å². The van der Waals surface area contributed by atoms with E-state index in [9.17, 15) is 9.90 Å². The average Bonchev–Trinajstić information content (AvgIpc) is 2.94. The van der Waals surface area contributed by atoms with Gasteiger partial charge in [0.1, 0.15) is 0 Å². The number of rotatable bonds is 1. The van der Waals surface area contributed by atoms with Gasteiger partial charge in [0.15, 0.2) is 5.69 Å². The summed E-state index contributed by atoms with van der Waals surface area (Å²) in [6.45, 7) is 2.66. The van der Waals surface area contributed by atoms with Gasteiger partial charge in [0.2, 0.25) is 0 Å². The molecule has 1 fully saturated rings. The van der Waals surface area contributed by atoms with E-state index in [2.05, 4.69) is 15.5 Å². The van der Waals surface area contributed by atoms with Crippen LogP contribution in [0.5, 0.6) is 0 Å². The van der Waals surface area contributed by atoms with Crippen LogP contribution in [0.15, 0.2) is 0 Å². The van der Waals surface area contributed by atoms with Gasteiger partial charge in [-0.25, -0.2) is 0 Å². The van der Waals surface area contributed by atoms with Crippen LogP contribution < -0.4 is 5.32 Å². The van der Waals surface area contributed by atoms with Crippen molar-refractivity contribution in [1.29, 1.82) is 0 Å². The molecule has 0 saturated carbocycles. The zero-order valence-electron chi connectivity index (χ0n) is 9.57. The minimum Gasteiger partial charge on any atom is -0.391 e. The number of carbonyl (C=O) groups excluding carboxylic acids is 1. The molecule has 2 aliphatic rings. The maximum Gasteiger partial charge on any atom is 0.274 e. The maximum atomic E-state index is 12.2. The first-order chi connectivity index (χ1) is 8.25. The molecule has 3 N–H and O–H groups in total. The first kappa shape index (κ1) is 10.7. The number of fused-ring (bicyclic) bond motifs is 1. The third kappa shape index (κ3) is 1.83. The van der Waals surface area contributed by atoms with Crippen molar-refractivity contribution in [2.75, 3.05) is 19.6 Å². The van der Waals surface area contributed by atoms with Crippen molar-refractivity contribution in [1.82, 2.24) is 20.4 Å². The number of hydrogen-bond acceptors (Lipinski definition) is 4. The molecule has 0 unspecified atom stereocenters. The van der Waals surface area contributed by atoms with E-state index < -0.39 is 0 Å². The van der Waals surface area contributed by atoms with Gasteiger partial charge in [-0.05, 0) is 6.42 Å². The first-order valence-corrected chi connectivity index (χ1v) is 6.00. The lowest BCUT2D eigenvalue weighted by Crippen LogP contribution is -2.32. The summed E-state index contributed by atoms with van der Waals surface area (Å²) in [6.07, 6.45) is 1.17. The fourth-order valence-electron chi connectivity index (χ4n) is 2.48. The summed E-state index contributed by atoms with van der Waals surface area (Å²) in [6, 6.07) is 0. The predicted molar refractivity (Wildman–Crippen MR) is 60.5 cm³/mol. The third-order valence-corrected chi connectivity index (χ3v) is 3.46. The van der Waals surface area contributed by atoms with E-state index in [1.165, 1.54) is 0 Å². The molecule has 0 aliphatic carbocycles. The Balaban J connectivity index is 1.84. The predicted octanol–water partition coefficient (Wildman–Crippen LogP) is -0.738. The average molecular weight is 236 g/mol. The van der Waals surface area contributed by atoms with E-state index >= 15 is 0 Å². The lowest BCUT2D eigenvalue weighted by atomic mass is 10.1. The topological polar surface area (TPSA) is 81.2 Å². The monoisotopic (exact) mass is 236 g/mol. The fraction of sp³-hybridized carbons (Fsp3) is 0.636. The largest absolute Gasteiger partial charge is 0.391 e. The summed E-state index contributed by atoms with van der Waals surface area (Å²) in [5, 5.41) is 19.8. The molecule has 0 aromatic carbocycles. The van der Waals surface area contributed by atoms with E-state index in [1.807, 2.05) is 0 Å². The van der Waals surface area contributed by atoms with Crippen LogP contribution in [0.2, 0.25) is 0 Å². The second-order valence-corrected chi connectivity index (χ2v) is 4.65. The minimum atomic E-state index is -0.383. The van der Waals surface area contributed by atoms with Crippen LogP contribution in [0.1, 0.15) is 28.2 Å². The first-order valence-electron chi connectivity index (χ1n) is 6.00. The van der Waals surface area contributed by atoms with Gasteiger partial charge in [0, 0.05) is 43.9 Å². The molecule has 6 heteroatoms. The lowest BCUT2D eigenvalue weighted by molar-refractivity contribution is 0.0758. The zero-order chi connectivity index (χ0) is 11.8. The van der Waals surface area contributed by atoms with Crippen LogP contribution in [-0.2, 0) is 13.0 Å². The van der Waals surface area contributed by atoms with Crippen LogP contribution in [-0.4, -0.2) is 51.8 Å². The molecule has 3 rings (SSSR count). The highest BCUT2D eigenvalue weighted by Crippen LogP contribution is 2.19. The van der Waals surface area contributed by atoms with Crippen molar-refractivity contribution in [2.24, 2.45) is 0 Å². The molecule has 0 bridgehead atoms. The number of carbonyl (C=O) groups is 1. The Bertz CT molecular complexity index is 443. The lowest BCUT2D eigenvalue weighted by Gasteiger charge is -2.17. The van der Waals surface area contributed by atoms with E-state index in [0.717, 1.165) is 24.2 Å². The Morgan fingerprint density at radius 3 is 3.18 bits per heavy atom. The number of amides is 1. The molecule has 0 spiro atoms. The zero-order valence-corrected chi connectivity index (χ0v) is 9.57. The molecule has 92 valence electrons. The second-order valence-electron chi connectivity index (χ2n) is 4.65.